The van der Waals surface area contributed by atoms with Crippen molar-refractivity contribution >= 4 is 33.3 Å². The zero-order chi connectivity index (χ0) is 24.0. The molecule has 180 valence electrons. The number of fused-ring (bicyclic) bond motifs is 1. The van der Waals surface area contributed by atoms with E-state index < -0.39 is 17.8 Å². The van der Waals surface area contributed by atoms with Crippen molar-refractivity contribution in [3.05, 3.63) is 62.8 Å². The molecular weight excluding hydrogens is 473 g/mol. The van der Waals surface area contributed by atoms with Crippen molar-refractivity contribution in [2.45, 2.75) is 38.0 Å². The average molecular weight is 501 g/mol. The molecule has 1 aromatic heterocycles. The Morgan fingerprint density at radius 2 is 2.00 bits per heavy atom. The van der Waals surface area contributed by atoms with Crippen molar-refractivity contribution in [2.75, 3.05) is 24.6 Å². The van der Waals surface area contributed by atoms with E-state index >= 15 is 0 Å². The van der Waals surface area contributed by atoms with Crippen LogP contribution in [0, 0.1) is 0 Å². The van der Waals surface area contributed by atoms with Gasteiger partial charge in [-0.3, -0.25) is 4.79 Å². The Hall–Kier alpha value is -2.01. The highest BCUT2D eigenvalue weighted by Gasteiger charge is 2.30. The van der Waals surface area contributed by atoms with Gasteiger partial charge in [0.05, 0.1) is 16.4 Å². The minimum Gasteiger partial charge on any atom is -0.506 e. The van der Waals surface area contributed by atoms with Crippen LogP contribution in [0.1, 0.15) is 48.5 Å². The quantitative estimate of drug-likeness (QED) is 0.270. The van der Waals surface area contributed by atoms with E-state index in [1.807, 2.05) is 6.92 Å². The van der Waals surface area contributed by atoms with Gasteiger partial charge in [-0.05, 0) is 42.2 Å². The average Bonchev–Trinajstić information content (AvgIpc) is 3.17. The van der Waals surface area contributed by atoms with E-state index in [1.165, 1.54) is 18.2 Å². The van der Waals surface area contributed by atoms with Crippen molar-refractivity contribution < 1.29 is 23.4 Å². The Morgan fingerprint density at radius 1 is 1.21 bits per heavy atom. The van der Waals surface area contributed by atoms with Crippen LogP contribution in [0.4, 0.5) is 13.2 Å². The number of aromatic nitrogens is 1. The first-order valence-corrected chi connectivity index (χ1v) is 12.6. The lowest BCUT2D eigenvalue weighted by Gasteiger charge is -2.15. The summed E-state index contributed by atoms with van der Waals surface area (Å²) < 4.78 is 39.2. The molecule has 1 heterocycles. The SMILES string of the molecule is CC(CCCSCCNC[C@@H](O)c1ccc(O)c2[nH]c(=O)sc12)c1cccc(C(F)(F)F)c1. The lowest BCUT2D eigenvalue weighted by molar-refractivity contribution is -0.137. The number of benzene rings is 2. The molecule has 0 fully saturated rings. The zero-order valence-corrected chi connectivity index (χ0v) is 19.7. The van der Waals surface area contributed by atoms with Crippen LogP contribution >= 0.6 is 23.1 Å². The summed E-state index contributed by atoms with van der Waals surface area (Å²) in [5.41, 5.74) is 1.04. The molecule has 2 atom stereocenters. The highest BCUT2D eigenvalue weighted by molar-refractivity contribution is 7.99. The molecule has 0 saturated heterocycles. The Kier molecular flexibility index (Phi) is 8.86. The fourth-order valence-corrected chi connectivity index (χ4v) is 5.36. The van der Waals surface area contributed by atoms with Crippen LogP contribution in [-0.2, 0) is 6.18 Å². The third kappa shape index (κ3) is 6.99. The Balaban J connectivity index is 1.34. The number of thioether (sulfide) groups is 1. The molecule has 0 aliphatic carbocycles. The number of H-pyrrole nitrogens is 1. The van der Waals surface area contributed by atoms with Crippen LogP contribution in [0.25, 0.3) is 10.2 Å². The fraction of sp³-hybridized carbons (Fsp3) is 0.435. The summed E-state index contributed by atoms with van der Waals surface area (Å²) in [5.74, 6) is 1.79. The molecule has 4 N–H and O–H groups in total. The number of alkyl halides is 3. The van der Waals surface area contributed by atoms with Crippen molar-refractivity contribution in [2.24, 2.45) is 0 Å². The van der Waals surface area contributed by atoms with E-state index in [0.29, 0.717) is 34.4 Å². The highest BCUT2D eigenvalue weighted by Crippen LogP contribution is 2.32. The minimum absolute atomic E-state index is 0.0222. The number of phenols is 1. The number of phenolic OH excluding ortho intramolecular Hbond substituents is 1. The van der Waals surface area contributed by atoms with E-state index in [9.17, 15) is 28.2 Å². The molecular formula is C23H27F3N2O3S2. The maximum absolute atomic E-state index is 12.9. The molecule has 0 radical (unpaired) electrons. The van der Waals surface area contributed by atoms with Crippen molar-refractivity contribution in [1.82, 2.24) is 10.3 Å². The molecule has 0 amide bonds. The third-order valence-electron chi connectivity index (χ3n) is 5.42. The molecule has 10 heteroatoms. The number of nitrogens with one attached hydrogen (secondary N) is 2. The zero-order valence-electron chi connectivity index (χ0n) is 18.1. The first-order valence-electron chi connectivity index (χ1n) is 10.6. The normalized spacial score (nSPS) is 14.0. The predicted octanol–water partition coefficient (Wildman–Crippen LogP) is 5.25. The Bertz CT molecular complexity index is 1110. The van der Waals surface area contributed by atoms with Gasteiger partial charge in [-0.15, -0.1) is 0 Å². The number of aliphatic hydroxyl groups is 1. The Labute approximate surface area is 198 Å². The second kappa shape index (κ2) is 11.4. The van der Waals surface area contributed by atoms with Gasteiger partial charge in [-0.2, -0.15) is 24.9 Å². The Morgan fingerprint density at radius 3 is 2.76 bits per heavy atom. The molecule has 2 aromatic carbocycles. The van der Waals surface area contributed by atoms with E-state index in [1.54, 1.807) is 23.9 Å². The molecule has 33 heavy (non-hydrogen) atoms. The van der Waals surface area contributed by atoms with Crippen LogP contribution in [0.2, 0.25) is 0 Å². The number of hydrogen-bond acceptors (Lipinski definition) is 6. The number of aromatic hydroxyl groups is 1. The summed E-state index contributed by atoms with van der Waals surface area (Å²) in [6, 6.07) is 8.62. The molecule has 1 unspecified atom stereocenters. The number of aliphatic hydroxyl groups excluding tert-OH is 1. The van der Waals surface area contributed by atoms with Gasteiger partial charge in [0.2, 0.25) is 0 Å². The van der Waals surface area contributed by atoms with Gasteiger partial charge in [-0.1, -0.05) is 42.5 Å². The maximum atomic E-state index is 12.9. The van der Waals surface area contributed by atoms with Gasteiger partial charge in [0.15, 0.2) is 0 Å². The van der Waals surface area contributed by atoms with Gasteiger partial charge < -0.3 is 20.5 Å². The molecule has 0 aliphatic rings. The van der Waals surface area contributed by atoms with Gasteiger partial charge in [0.25, 0.3) is 0 Å². The molecule has 5 nitrogen and oxygen atoms in total. The molecule has 3 rings (SSSR count). The summed E-state index contributed by atoms with van der Waals surface area (Å²) in [6.45, 7) is 2.96. The number of halogens is 3. The van der Waals surface area contributed by atoms with Crippen LogP contribution in [0.5, 0.6) is 5.75 Å². The number of rotatable bonds is 11. The van der Waals surface area contributed by atoms with E-state index in [4.69, 9.17) is 0 Å². The first-order chi connectivity index (χ1) is 15.7. The van der Waals surface area contributed by atoms with Gasteiger partial charge in [-0.25, -0.2) is 0 Å². The third-order valence-corrected chi connectivity index (χ3v) is 7.42. The van der Waals surface area contributed by atoms with E-state index in [-0.39, 0.29) is 16.5 Å². The van der Waals surface area contributed by atoms with Gasteiger partial charge in [0.1, 0.15) is 11.3 Å². The highest BCUT2D eigenvalue weighted by atomic mass is 32.2. The summed E-state index contributed by atoms with van der Waals surface area (Å²) in [4.78, 5) is 13.9. The summed E-state index contributed by atoms with van der Waals surface area (Å²) >= 11 is 2.71. The largest absolute Gasteiger partial charge is 0.506 e. The van der Waals surface area contributed by atoms with Crippen molar-refractivity contribution in [3.63, 3.8) is 0 Å². The van der Waals surface area contributed by atoms with E-state index in [0.717, 1.165) is 41.8 Å². The molecule has 0 aliphatic heterocycles. The monoisotopic (exact) mass is 500 g/mol. The number of thiazole rings is 1. The summed E-state index contributed by atoms with van der Waals surface area (Å²) in [7, 11) is 0. The standard InChI is InChI=1S/C23H27F3N2O3S2/c1-14(15-5-2-6-16(12-15)23(24,25)26)4-3-10-32-11-9-27-13-19(30)17-7-8-18(29)20-21(17)33-22(31)28-20/h2,5-8,12,14,19,27,29-30H,3-4,9-11,13H2,1H3,(H,28,31)/t14?,19-/m1/s1. The van der Waals surface area contributed by atoms with Crippen molar-refractivity contribution in [1.29, 1.82) is 0 Å². The van der Waals surface area contributed by atoms with Gasteiger partial charge in [0, 0.05) is 24.4 Å². The summed E-state index contributed by atoms with van der Waals surface area (Å²) in [6.07, 6.45) is -3.40. The number of hydrogen-bond donors (Lipinski definition) is 4. The summed E-state index contributed by atoms with van der Waals surface area (Å²) in [5, 5.41) is 23.5. The van der Waals surface area contributed by atoms with E-state index in [2.05, 4.69) is 10.3 Å². The lowest BCUT2D eigenvalue weighted by Crippen LogP contribution is -2.24. The minimum atomic E-state index is -4.32. The predicted molar refractivity (Wildman–Crippen MR) is 128 cm³/mol. The smallest absolute Gasteiger partial charge is 0.416 e. The van der Waals surface area contributed by atoms with Crippen LogP contribution in [0.15, 0.2) is 41.2 Å². The second-order valence-corrected chi connectivity index (χ2v) is 10.1. The van der Waals surface area contributed by atoms with Gasteiger partial charge >= 0.3 is 11.0 Å². The van der Waals surface area contributed by atoms with Crippen LogP contribution in [-0.4, -0.2) is 39.8 Å². The fourth-order valence-electron chi connectivity index (χ4n) is 3.58. The molecule has 0 saturated carbocycles. The first kappa shape index (κ1) is 25.6. The van der Waals surface area contributed by atoms with Crippen molar-refractivity contribution in [3.8, 4) is 5.75 Å². The lowest BCUT2D eigenvalue weighted by atomic mass is 9.95. The molecule has 0 spiro atoms. The number of aromatic amines is 1. The second-order valence-electron chi connectivity index (χ2n) is 7.89. The topological polar surface area (TPSA) is 85.3 Å². The van der Waals surface area contributed by atoms with Crippen LogP contribution in [0.3, 0.4) is 0 Å². The van der Waals surface area contributed by atoms with Crippen LogP contribution < -0.4 is 10.2 Å². The molecule has 3 aromatic rings. The molecule has 0 bridgehead atoms. The maximum Gasteiger partial charge on any atom is 0.416 e.